The van der Waals surface area contributed by atoms with Gasteiger partial charge in [-0.25, -0.2) is 4.79 Å². The molecule has 3 atom stereocenters. The van der Waals surface area contributed by atoms with Gasteiger partial charge in [-0.05, 0) is 43.2 Å². The fourth-order valence-electron chi connectivity index (χ4n) is 2.59. The summed E-state index contributed by atoms with van der Waals surface area (Å²) >= 11 is 0. The molecule has 1 heterocycles. The third-order valence-electron chi connectivity index (χ3n) is 4.18. The molecule has 3 unspecified atom stereocenters. The van der Waals surface area contributed by atoms with Gasteiger partial charge in [-0.1, -0.05) is 13.8 Å². The number of carbonyl (C=O) groups excluding carboxylic acids is 1. The molecule has 0 aliphatic heterocycles. The van der Waals surface area contributed by atoms with E-state index in [4.69, 9.17) is 5.11 Å². The number of hydrogen-bond donors (Lipinski definition) is 2. The van der Waals surface area contributed by atoms with Crippen LogP contribution in [-0.4, -0.2) is 28.0 Å². The lowest BCUT2D eigenvalue weighted by molar-refractivity contribution is 0.0695. The van der Waals surface area contributed by atoms with Crippen LogP contribution in [0.1, 0.15) is 54.0 Å². The smallest absolute Gasteiger partial charge is 0.337 e. The molecule has 1 aliphatic carbocycles. The zero-order valence-electron chi connectivity index (χ0n) is 11.8. The van der Waals surface area contributed by atoms with Gasteiger partial charge >= 0.3 is 5.97 Å². The first-order valence-electron chi connectivity index (χ1n) is 6.97. The number of carboxylic acids is 1. The van der Waals surface area contributed by atoms with Gasteiger partial charge in [0.1, 0.15) is 5.69 Å². The topological polar surface area (TPSA) is 79.3 Å². The van der Waals surface area contributed by atoms with E-state index in [9.17, 15) is 9.59 Å². The number of nitrogens with one attached hydrogen (secondary N) is 1. The number of carbonyl (C=O) groups is 2. The Morgan fingerprint density at radius 2 is 2.00 bits per heavy atom. The van der Waals surface area contributed by atoms with E-state index in [-0.39, 0.29) is 23.2 Å². The molecule has 0 saturated heterocycles. The maximum absolute atomic E-state index is 12.1. The summed E-state index contributed by atoms with van der Waals surface area (Å²) < 4.78 is 0. The number of rotatable bonds is 3. The van der Waals surface area contributed by atoms with Crippen molar-refractivity contribution in [2.75, 3.05) is 0 Å². The van der Waals surface area contributed by atoms with Crippen LogP contribution in [-0.2, 0) is 0 Å². The molecule has 1 aliphatic rings. The Morgan fingerprint density at radius 3 is 2.55 bits per heavy atom. The first-order valence-corrected chi connectivity index (χ1v) is 6.97. The number of nitrogens with zero attached hydrogens (tertiary/aromatic N) is 1. The Hall–Kier alpha value is -1.91. The van der Waals surface area contributed by atoms with Gasteiger partial charge in [0.05, 0.1) is 5.56 Å². The van der Waals surface area contributed by atoms with Crippen LogP contribution in [0, 0.1) is 11.8 Å². The molecule has 1 amide bonds. The summed E-state index contributed by atoms with van der Waals surface area (Å²) in [7, 11) is 0. The Labute approximate surface area is 118 Å². The van der Waals surface area contributed by atoms with Crippen molar-refractivity contribution in [3.05, 3.63) is 29.6 Å². The minimum absolute atomic E-state index is 0.0849. The second-order valence-electron chi connectivity index (χ2n) is 5.68. The molecule has 108 valence electrons. The van der Waals surface area contributed by atoms with Gasteiger partial charge in [-0.2, -0.15) is 0 Å². The molecule has 1 aromatic heterocycles. The van der Waals surface area contributed by atoms with Crippen LogP contribution < -0.4 is 5.32 Å². The van der Waals surface area contributed by atoms with Crippen molar-refractivity contribution in [2.24, 2.45) is 11.8 Å². The molecular formula is C15H20N2O3. The fraction of sp³-hybridized carbons (Fsp3) is 0.533. The lowest BCUT2D eigenvalue weighted by Gasteiger charge is -2.32. The first kappa shape index (κ1) is 14.5. The summed E-state index contributed by atoms with van der Waals surface area (Å²) in [5.41, 5.74) is 0.350. The summed E-state index contributed by atoms with van der Waals surface area (Å²) in [4.78, 5) is 26.7. The number of pyridine rings is 1. The van der Waals surface area contributed by atoms with Crippen LogP contribution >= 0.6 is 0 Å². The van der Waals surface area contributed by atoms with Crippen LogP contribution in [0.5, 0.6) is 0 Å². The normalized spacial score (nSPS) is 26.0. The second-order valence-corrected chi connectivity index (χ2v) is 5.68. The first-order chi connectivity index (χ1) is 9.47. The van der Waals surface area contributed by atoms with E-state index in [1.54, 1.807) is 0 Å². The third-order valence-corrected chi connectivity index (χ3v) is 4.18. The summed E-state index contributed by atoms with van der Waals surface area (Å²) in [6.07, 6.45) is 4.31. The van der Waals surface area contributed by atoms with Gasteiger partial charge in [0.25, 0.3) is 5.91 Å². The van der Waals surface area contributed by atoms with Gasteiger partial charge in [-0.3, -0.25) is 9.78 Å². The van der Waals surface area contributed by atoms with Crippen molar-refractivity contribution in [1.82, 2.24) is 10.3 Å². The minimum Gasteiger partial charge on any atom is -0.478 e. The lowest BCUT2D eigenvalue weighted by Crippen LogP contribution is -2.40. The predicted octanol–water partition coefficient (Wildman–Crippen LogP) is 2.33. The van der Waals surface area contributed by atoms with Crippen molar-refractivity contribution in [3.63, 3.8) is 0 Å². The molecule has 0 radical (unpaired) electrons. The molecule has 0 aromatic carbocycles. The monoisotopic (exact) mass is 276 g/mol. The molecular weight excluding hydrogens is 256 g/mol. The fourth-order valence-corrected chi connectivity index (χ4v) is 2.59. The highest BCUT2D eigenvalue weighted by atomic mass is 16.4. The molecule has 0 spiro atoms. The van der Waals surface area contributed by atoms with Crippen molar-refractivity contribution in [2.45, 2.75) is 39.2 Å². The number of amides is 1. The van der Waals surface area contributed by atoms with E-state index in [1.165, 1.54) is 18.3 Å². The molecule has 1 saturated carbocycles. The van der Waals surface area contributed by atoms with E-state index in [2.05, 4.69) is 24.1 Å². The molecule has 1 fully saturated rings. The lowest BCUT2D eigenvalue weighted by atomic mass is 9.79. The predicted molar refractivity (Wildman–Crippen MR) is 74.6 cm³/mol. The maximum atomic E-state index is 12.1. The van der Waals surface area contributed by atoms with Crippen molar-refractivity contribution < 1.29 is 14.7 Å². The van der Waals surface area contributed by atoms with Gasteiger partial charge in [0, 0.05) is 12.2 Å². The summed E-state index contributed by atoms with van der Waals surface area (Å²) in [6, 6.07) is 3.04. The Morgan fingerprint density at radius 1 is 1.25 bits per heavy atom. The molecule has 2 rings (SSSR count). The SMILES string of the molecule is CC1CCC(NC(=O)c2ccc(C(=O)O)cn2)CC1C. The zero-order chi connectivity index (χ0) is 14.7. The highest BCUT2D eigenvalue weighted by Gasteiger charge is 2.26. The van der Waals surface area contributed by atoms with E-state index >= 15 is 0 Å². The Bertz CT molecular complexity index is 498. The molecule has 0 bridgehead atoms. The number of aromatic nitrogens is 1. The van der Waals surface area contributed by atoms with Crippen molar-refractivity contribution in [1.29, 1.82) is 0 Å². The Balaban J connectivity index is 1.96. The third kappa shape index (κ3) is 3.35. The van der Waals surface area contributed by atoms with Crippen molar-refractivity contribution in [3.8, 4) is 0 Å². The zero-order valence-corrected chi connectivity index (χ0v) is 11.8. The van der Waals surface area contributed by atoms with Crippen LogP contribution in [0.15, 0.2) is 18.3 Å². The average molecular weight is 276 g/mol. The highest BCUT2D eigenvalue weighted by molar-refractivity contribution is 5.93. The van der Waals surface area contributed by atoms with Gasteiger partial charge < -0.3 is 10.4 Å². The van der Waals surface area contributed by atoms with Gasteiger partial charge in [-0.15, -0.1) is 0 Å². The van der Waals surface area contributed by atoms with Gasteiger partial charge in [0.15, 0.2) is 0 Å². The number of carboxylic acid groups (broad SMARTS) is 1. The molecule has 5 heteroatoms. The Kier molecular flexibility index (Phi) is 4.37. The largest absolute Gasteiger partial charge is 0.478 e. The van der Waals surface area contributed by atoms with Crippen LogP contribution in [0.3, 0.4) is 0 Å². The van der Waals surface area contributed by atoms with Crippen LogP contribution in [0.4, 0.5) is 0 Å². The quantitative estimate of drug-likeness (QED) is 0.888. The van der Waals surface area contributed by atoms with E-state index in [0.717, 1.165) is 19.3 Å². The molecule has 20 heavy (non-hydrogen) atoms. The second kappa shape index (κ2) is 6.03. The van der Waals surface area contributed by atoms with Gasteiger partial charge in [0.2, 0.25) is 0 Å². The number of hydrogen-bond acceptors (Lipinski definition) is 3. The standard InChI is InChI=1S/C15H20N2O3/c1-9-3-5-12(7-10(9)2)17-14(18)13-6-4-11(8-16-13)15(19)20/h4,6,8-10,12H,3,5,7H2,1-2H3,(H,17,18)(H,19,20). The maximum Gasteiger partial charge on any atom is 0.337 e. The highest BCUT2D eigenvalue weighted by Crippen LogP contribution is 2.29. The molecule has 5 nitrogen and oxygen atoms in total. The number of aromatic carboxylic acids is 1. The summed E-state index contributed by atoms with van der Waals surface area (Å²) in [6.45, 7) is 4.46. The summed E-state index contributed by atoms with van der Waals surface area (Å²) in [5.74, 6) is 0.0424. The van der Waals surface area contributed by atoms with E-state index in [0.29, 0.717) is 11.8 Å². The van der Waals surface area contributed by atoms with E-state index in [1.807, 2.05) is 0 Å². The minimum atomic E-state index is -1.04. The van der Waals surface area contributed by atoms with Crippen molar-refractivity contribution >= 4 is 11.9 Å². The van der Waals surface area contributed by atoms with E-state index < -0.39 is 5.97 Å². The van der Waals surface area contributed by atoms with Crippen LogP contribution in [0.2, 0.25) is 0 Å². The summed E-state index contributed by atoms with van der Waals surface area (Å²) in [5, 5.41) is 11.8. The molecule has 2 N–H and O–H groups in total. The average Bonchev–Trinajstić information content (AvgIpc) is 2.43. The van der Waals surface area contributed by atoms with Crippen LogP contribution in [0.25, 0.3) is 0 Å². The molecule has 1 aromatic rings.